The fraction of sp³-hybridized carbons (Fsp3) is 0.368. The van der Waals surface area contributed by atoms with Gasteiger partial charge in [0.15, 0.2) is 0 Å². The molecular formula is C19H21ClO5. The first-order chi connectivity index (χ1) is 12.0. The zero-order chi connectivity index (χ0) is 18.0. The summed E-state index contributed by atoms with van der Waals surface area (Å²) in [5.41, 5.74) is 2.67. The van der Waals surface area contributed by atoms with Crippen molar-refractivity contribution in [2.75, 3.05) is 13.7 Å². The molecule has 0 aromatic heterocycles. The Balaban J connectivity index is 1.82. The number of benzene rings is 2. The van der Waals surface area contributed by atoms with E-state index in [2.05, 4.69) is 0 Å². The Bertz CT molecular complexity index is 718. The lowest BCUT2D eigenvalue weighted by Crippen LogP contribution is -2.49. The second kappa shape index (κ2) is 7.72. The zero-order valence-electron chi connectivity index (χ0n) is 13.8. The molecule has 6 heteroatoms. The molecule has 0 amide bonds. The fourth-order valence-electron chi connectivity index (χ4n) is 2.97. The van der Waals surface area contributed by atoms with Crippen LogP contribution in [-0.2, 0) is 11.2 Å². The maximum absolute atomic E-state index is 10.2. The third-order valence-corrected chi connectivity index (χ3v) is 4.82. The average molecular weight is 365 g/mol. The highest BCUT2D eigenvalue weighted by Gasteiger charge is 2.38. The Morgan fingerprint density at radius 1 is 1.08 bits per heavy atom. The van der Waals surface area contributed by atoms with Crippen LogP contribution in [0, 0.1) is 0 Å². The van der Waals surface area contributed by atoms with E-state index in [0.717, 1.165) is 16.9 Å². The Kier molecular flexibility index (Phi) is 5.61. The van der Waals surface area contributed by atoms with E-state index < -0.39 is 24.4 Å². The molecule has 3 N–H and O–H groups in total. The summed E-state index contributed by atoms with van der Waals surface area (Å²) in [6.07, 6.45) is -3.61. The second-order valence-corrected chi connectivity index (χ2v) is 6.59. The number of aliphatic hydroxyl groups excluding tert-OH is 3. The van der Waals surface area contributed by atoms with Crippen molar-refractivity contribution in [2.45, 2.75) is 30.8 Å². The first-order valence-corrected chi connectivity index (χ1v) is 8.44. The molecule has 25 heavy (non-hydrogen) atoms. The summed E-state index contributed by atoms with van der Waals surface area (Å²) < 4.78 is 10.7. The number of methoxy groups -OCH3 is 1. The van der Waals surface area contributed by atoms with E-state index in [9.17, 15) is 15.3 Å². The predicted octanol–water partition coefficient (Wildman–Crippen LogP) is 2.09. The largest absolute Gasteiger partial charge is 0.497 e. The minimum absolute atomic E-state index is 0.0284. The highest BCUT2D eigenvalue weighted by Crippen LogP contribution is 2.32. The van der Waals surface area contributed by atoms with Crippen molar-refractivity contribution >= 4 is 11.6 Å². The molecule has 2 aromatic rings. The molecule has 5 nitrogen and oxygen atoms in total. The van der Waals surface area contributed by atoms with Gasteiger partial charge in [-0.1, -0.05) is 35.9 Å². The lowest BCUT2D eigenvalue weighted by Gasteiger charge is -2.35. The molecule has 0 radical (unpaired) electrons. The van der Waals surface area contributed by atoms with Crippen LogP contribution >= 0.6 is 11.6 Å². The van der Waals surface area contributed by atoms with Crippen LogP contribution in [0.4, 0.5) is 0 Å². The van der Waals surface area contributed by atoms with Gasteiger partial charge in [0.1, 0.15) is 30.2 Å². The molecule has 1 heterocycles. The molecule has 0 saturated carbocycles. The molecule has 0 bridgehead atoms. The molecule has 0 aliphatic carbocycles. The van der Waals surface area contributed by atoms with Crippen LogP contribution in [0.15, 0.2) is 42.5 Å². The van der Waals surface area contributed by atoms with Gasteiger partial charge in [-0.05, 0) is 41.3 Å². The van der Waals surface area contributed by atoms with E-state index in [1.807, 2.05) is 30.3 Å². The van der Waals surface area contributed by atoms with Crippen molar-refractivity contribution in [1.29, 1.82) is 0 Å². The normalized spacial score (nSPS) is 26.4. The quantitative estimate of drug-likeness (QED) is 0.774. The predicted molar refractivity (Wildman–Crippen MR) is 94.0 cm³/mol. The Hall–Kier alpha value is -1.63. The molecule has 0 spiro atoms. The van der Waals surface area contributed by atoms with Gasteiger partial charge in [-0.15, -0.1) is 0 Å². The highest BCUT2D eigenvalue weighted by atomic mass is 35.5. The summed E-state index contributed by atoms with van der Waals surface area (Å²) in [5.74, 6) is 0.787. The van der Waals surface area contributed by atoms with Gasteiger partial charge in [0, 0.05) is 5.02 Å². The summed E-state index contributed by atoms with van der Waals surface area (Å²) in [6, 6.07) is 13.1. The number of halogens is 1. The minimum atomic E-state index is -1.24. The molecule has 3 rings (SSSR count). The summed E-state index contributed by atoms with van der Waals surface area (Å²) >= 11 is 6.31. The molecule has 2 aromatic carbocycles. The SMILES string of the molecule is COc1ccc(Cc2cc([C@@H]3OC[C@@H](O)[C@H](O)[C@H]3O)ccc2Cl)cc1. The van der Waals surface area contributed by atoms with Crippen LogP contribution in [-0.4, -0.2) is 47.3 Å². The number of hydrogen-bond donors (Lipinski definition) is 3. The number of rotatable bonds is 4. The van der Waals surface area contributed by atoms with Crippen molar-refractivity contribution in [1.82, 2.24) is 0 Å². The zero-order valence-corrected chi connectivity index (χ0v) is 14.6. The lowest BCUT2D eigenvalue weighted by molar-refractivity contribution is -0.189. The molecule has 134 valence electrons. The highest BCUT2D eigenvalue weighted by molar-refractivity contribution is 6.31. The standard InChI is InChI=1S/C19H21ClO5/c1-24-14-5-2-11(3-6-14)8-13-9-12(4-7-15(13)20)19-18(23)17(22)16(21)10-25-19/h2-7,9,16-19,21-23H,8,10H2,1H3/t16-,17+,18-,19+/m1/s1. The monoisotopic (exact) mass is 364 g/mol. The first-order valence-electron chi connectivity index (χ1n) is 8.06. The van der Waals surface area contributed by atoms with Crippen molar-refractivity contribution in [3.63, 3.8) is 0 Å². The molecule has 1 aliphatic heterocycles. The lowest BCUT2D eigenvalue weighted by atomic mass is 9.93. The molecule has 1 saturated heterocycles. The summed E-state index contributed by atoms with van der Waals surface area (Å²) in [4.78, 5) is 0. The molecule has 4 atom stereocenters. The van der Waals surface area contributed by atoms with Crippen molar-refractivity contribution in [2.24, 2.45) is 0 Å². The minimum Gasteiger partial charge on any atom is -0.497 e. The fourth-order valence-corrected chi connectivity index (χ4v) is 3.15. The van der Waals surface area contributed by atoms with Gasteiger partial charge in [0.2, 0.25) is 0 Å². The Labute approximate surface area is 151 Å². The van der Waals surface area contributed by atoms with Crippen LogP contribution in [0.3, 0.4) is 0 Å². The van der Waals surface area contributed by atoms with Gasteiger partial charge in [0.25, 0.3) is 0 Å². The van der Waals surface area contributed by atoms with Crippen LogP contribution in [0.25, 0.3) is 0 Å². The molecule has 1 fully saturated rings. The number of aliphatic hydroxyl groups is 3. The smallest absolute Gasteiger partial charge is 0.118 e. The van der Waals surface area contributed by atoms with Gasteiger partial charge in [0.05, 0.1) is 13.7 Å². The van der Waals surface area contributed by atoms with Crippen molar-refractivity contribution in [3.05, 3.63) is 64.2 Å². The van der Waals surface area contributed by atoms with Crippen LogP contribution in [0.5, 0.6) is 5.75 Å². The van der Waals surface area contributed by atoms with Crippen molar-refractivity contribution in [3.8, 4) is 5.75 Å². The van der Waals surface area contributed by atoms with Crippen LogP contribution < -0.4 is 4.74 Å². The molecule has 1 aliphatic rings. The summed E-state index contributed by atoms with van der Waals surface area (Å²) in [5, 5.41) is 30.3. The van der Waals surface area contributed by atoms with E-state index in [1.54, 1.807) is 19.2 Å². The topological polar surface area (TPSA) is 79.2 Å². The number of ether oxygens (including phenoxy) is 2. The number of hydrogen-bond acceptors (Lipinski definition) is 5. The maximum atomic E-state index is 10.2. The molecule has 0 unspecified atom stereocenters. The van der Waals surface area contributed by atoms with Gasteiger partial charge in [-0.3, -0.25) is 0 Å². The third kappa shape index (κ3) is 3.97. The van der Waals surface area contributed by atoms with Gasteiger partial charge in [-0.2, -0.15) is 0 Å². The molecular weight excluding hydrogens is 344 g/mol. The van der Waals surface area contributed by atoms with E-state index in [-0.39, 0.29) is 6.61 Å². The summed E-state index contributed by atoms with van der Waals surface area (Å²) in [7, 11) is 1.62. The van der Waals surface area contributed by atoms with E-state index in [1.165, 1.54) is 0 Å². The second-order valence-electron chi connectivity index (χ2n) is 6.18. The summed E-state index contributed by atoms with van der Waals surface area (Å²) in [6.45, 7) is -0.0284. The average Bonchev–Trinajstić information content (AvgIpc) is 2.62. The third-order valence-electron chi connectivity index (χ3n) is 4.45. The van der Waals surface area contributed by atoms with Gasteiger partial charge in [-0.25, -0.2) is 0 Å². The van der Waals surface area contributed by atoms with Crippen LogP contribution in [0.2, 0.25) is 5.02 Å². The van der Waals surface area contributed by atoms with Crippen molar-refractivity contribution < 1.29 is 24.8 Å². The van der Waals surface area contributed by atoms with Gasteiger partial charge < -0.3 is 24.8 Å². The van der Waals surface area contributed by atoms with E-state index in [4.69, 9.17) is 21.1 Å². The van der Waals surface area contributed by atoms with Gasteiger partial charge >= 0.3 is 0 Å². The van der Waals surface area contributed by atoms with E-state index >= 15 is 0 Å². The first kappa shape index (κ1) is 18.2. The Morgan fingerprint density at radius 3 is 2.48 bits per heavy atom. The van der Waals surface area contributed by atoms with Crippen LogP contribution in [0.1, 0.15) is 22.8 Å². The Morgan fingerprint density at radius 2 is 1.80 bits per heavy atom. The maximum Gasteiger partial charge on any atom is 0.118 e. The van der Waals surface area contributed by atoms with E-state index in [0.29, 0.717) is 17.0 Å².